The molecule has 3 aromatic rings. The Morgan fingerprint density at radius 1 is 0.929 bits per heavy atom. The highest BCUT2D eigenvalue weighted by atomic mass is 32.2. The fourth-order valence-corrected chi connectivity index (χ4v) is 4.20. The van der Waals surface area contributed by atoms with E-state index in [0.717, 1.165) is 5.56 Å². The van der Waals surface area contributed by atoms with E-state index >= 15 is 0 Å². The fourth-order valence-electron chi connectivity index (χ4n) is 2.72. The summed E-state index contributed by atoms with van der Waals surface area (Å²) in [7, 11) is -2.25. The van der Waals surface area contributed by atoms with E-state index in [1.165, 1.54) is 4.31 Å². The van der Waals surface area contributed by atoms with Gasteiger partial charge in [-0.1, -0.05) is 30.3 Å². The standard InChI is InChI=1S/C21H20N2O4S/c1-27-19-13-11-18(12-14-19)23(28(25,26)20-5-3-2-4-6-20)15-16-7-9-17(10-8-16)21(22)24/h2-14H,15H2,1H3,(H2,22,24). The van der Waals surface area contributed by atoms with Gasteiger partial charge in [-0.25, -0.2) is 8.42 Å². The second-order valence-corrected chi connectivity index (χ2v) is 7.95. The molecule has 0 aliphatic heterocycles. The lowest BCUT2D eigenvalue weighted by atomic mass is 10.1. The van der Waals surface area contributed by atoms with E-state index in [1.54, 1.807) is 86.0 Å². The number of nitrogens with two attached hydrogens (primary N) is 1. The zero-order valence-electron chi connectivity index (χ0n) is 15.3. The Balaban J connectivity index is 2.02. The van der Waals surface area contributed by atoms with E-state index in [1.807, 2.05) is 0 Å². The van der Waals surface area contributed by atoms with Crippen molar-refractivity contribution in [3.8, 4) is 5.75 Å². The molecule has 6 nitrogen and oxygen atoms in total. The van der Waals surface area contributed by atoms with Crippen LogP contribution in [0.1, 0.15) is 15.9 Å². The normalized spacial score (nSPS) is 11.0. The molecule has 0 saturated heterocycles. The Kier molecular flexibility index (Phi) is 5.65. The molecule has 28 heavy (non-hydrogen) atoms. The average Bonchev–Trinajstić information content (AvgIpc) is 2.73. The molecule has 0 heterocycles. The maximum atomic E-state index is 13.3. The molecule has 0 fully saturated rings. The lowest BCUT2D eigenvalue weighted by Gasteiger charge is -2.25. The van der Waals surface area contributed by atoms with Crippen molar-refractivity contribution in [2.45, 2.75) is 11.4 Å². The molecule has 7 heteroatoms. The molecule has 0 radical (unpaired) electrons. The third kappa shape index (κ3) is 4.15. The zero-order chi connectivity index (χ0) is 20.1. The van der Waals surface area contributed by atoms with Crippen LogP contribution in [0.4, 0.5) is 5.69 Å². The number of carbonyl (C=O) groups is 1. The van der Waals surface area contributed by atoms with Crippen molar-refractivity contribution in [1.29, 1.82) is 0 Å². The number of rotatable bonds is 7. The van der Waals surface area contributed by atoms with Crippen LogP contribution in [-0.2, 0) is 16.6 Å². The zero-order valence-corrected chi connectivity index (χ0v) is 16.1. The summed E-state index contributed by atoms with van der Waals surface area (Å²) in [6.07, 6.45) is 0. The minimum atomic E-state index is -3.80. The van der Waals surface area contributed by atoms with E-state index < -0.39 is 15.9 Å². The molecule has 0 spiro atoms. The number of nitrogens with zero attached hydrogens (tertiary/aromatic N) is 1. The fraction of sp³-hybridized carbons (Fsp3) is 0.0952. The van der Waals surface area contributed by atoms with Gasteiger partial charge < -0.3 is 10.5 Å². The minimum Gasteiger partial charge on any atom is -0.497 e. The van der Waals surface area contributed by atoms with Crippen LogP contribution >= 0.6 is 0 Å². The van der Waals surface area contributed by atoms with Gasteiger partial charge in [-0.05, 0) is 54.1 Å². The molecule has 0 saturated carbocycles. The highest BCUT2D eigenvalue weighted by molar-refractivity contribution is 7.92. The summed E-state index contributed by atoms with van der Waals surface area (Å²) in [4.78, 5) is 11.5. The molecule has 3 rings (SSSR count). The van der Waals surface area contributed by atoms with E-state index in [9.17, 15) is 13.2 Å². The Labute approximate surface area is 164 Å². The van der Waals surface area contributed by atoms with Gasteiger partial charge in [0.15, 0.2) is 0 Å². The van der Waals surface area contributed by atoms with Gasteiger partial charge in [-0.3, -0.25) is 9.10 Å². The maximum absolute atomic E-state index is 13.3. The molecule has 0 aromatic heterocycles. The van der Waals surface area contributed by atoms with Crippen LogP contribution in [0, 0.1) is 0 Å². The summed E-state index contributed by atoms with van der Waals surface area (Å²) in [5.41, 5.74) is 6.86. The van der Waals surface area contributed by atoms with Gasteiger partial charge in [0.2, 0.25) is 5.91 Å². The number of carbonyl (C=O) groups excluding carboxylic acids is 1. The van der Waals surface area contributed by atoms with E-state index in [2.05, 4.69) is 0 Å². The first-order chi connectivity index (χ1) is 13.4. The van der Waals surface area contributed by atoms with Crippen molar-refractivity contribution in [3.63, 3.8) is 0 Å². The number of hydrogen-bond donors (Lipinski definition) is 1. The third-order valence-corrected chi connectivity index (χ3v) is 6.04. The van der Waals surface area contributed by atoms with Crippen molar-refractivity contribution >= 4 is 21.6 Å². The van der Waals surface area contributed by atoms with Crippen LogP contribution in [-0.4, -0.2) is 21.4 Å². The SMILES string of the molecule is COc1ccc(N(Cc2ccc(C(N)=O)cc2)S(=O)(=O)c2ccccc2)cc1. The Morgan fingerprint density at radius 3 is 2.07 bits per heavy atom. The highest BCUT2D eigenvalue weighted by Gasteiger charge is 2.25. The second-order valence-electron chi connectivity index (χ2n) is 6.08. The van der Waals surface area contributed by atoms with Crippen molar-refractivity contribution in [3.05, 3.63) is 90.0 Å². The molecule has 2 N–H and O–H groups in total. The van der Waals surface area contributed by atoms with Crippen molar-refractivity contribution in [2.24, 2.45) is 5.73 Å². The van der Waals surface area contributed by atoms with Crippen LogP contribution in [0.3, 0.4) is 0 Å². The summed E-state index contributed by atoms with van der Waals surface area (Å²) in [6, 6.07) is 21.6. The number of hydrogen-bond acceptors (Lipinski definition) is 4. The molecule has 3 aromatic carbocycles. The molecule has 0 bridgehead atoms. The van der Waals surface area contributed by atoms with Crippen molar-refractivity contribution in [2.75, 3.05) is 11.4 Å². The number of anilines is 1. The predicted molar refractivity (Wildman–Crippen MR) is 108 cm³/mol. The molecule has 144 valence electrons. The van der Waals surface area contributed by atoms with E-state index in [4.69, 9.17) is 10.5 Å². The Bertz CT molecular complexity index is 1050. The van der Waals surface area contributed by atoms with Crippen LogP contribution < -0.4 is 14.8 Å². The van der Waals surface area contributed by atoms with Gasteiger partial charge in [-0.2, -0.15) is 0 Å². The minimum absolute atomic E-state index is 0.0998. The molecule has 0 aliphatic carbocycles. The van der Waals surface area contributed by atoms with Gasteiger partial charge in [-0.15, -0.1) is 0 Å². The van der Waals surface area contributed by atoms with Crippen LogP contribution in [0.15, 0.2) is 83.8 Å². The first-order valence-electron chi connectivity index (χ1n) is 8.52. The predicted octanol–water partition coefficient (Wildman–Crippen LogP) is 3.19. The Morgan fingerprint density at radius 2 is 1.54 bits per heavy atom. The highest BCUT2D eigenvalue weighted by Crippen LogP contribution is 2.27. The lowest BCUT2D eigenvalue weighted by Crippen LogP contribution is -2.30. The summed E-state index contributed by atoms with van der Waals surface area (Å²) in [6.45, 7) is 0.0998. The third-order valence-electron chi connectivity index (χ3n) is 4.26. The summed E-state index contributed by atoms with van der Waals surface area (Å²) in [5.74, 6) is 0.0992. The van der Waals surface area contributed by atoms with Crippen LogP contribution in [0.25, 0.3) is 0 Å². The second kappa shape index (κ2) is 8.14. The summed E-state index contributed by atoms with van der Waals surface area (Å²) in [5, 5.41) is 0. The van der Waals surface area contributed by atoms with Gasteiger partial charge in [0.25, 0.3) is 10.0 Å². The number of benzene rings is 3. The number of sulfonamides is 1. The number of ether oxygens (including phenoxy) is 1. The van der Waals surface area contributed by atoms with Crippen LogP contribution in [0.5, 0.6) is 5.75 Å². The molecule has 0 unspecified atom stereocenters. The Hall–Kier alpha value is -3.32. The maximum Gasteiger partial charge on any atom is 0.264 e. The van der Waals surface area contributed by atoms with Gasteiger partial charge in [0.1, 0.15) is 5.75 Å². The number of primary amides is 1. The molecular formula is C21H20N2O4S. The van der Waals surface area contributed by atoms with Gasteiger partial charge in [0, 0.05) is 5.56 Å². The molecule has 0 atom stereocenters. The largest absolute Gasteiger partial charge is 0.497 e. The summed E-state index contributed by atoms with van der Waals surface area (Å²) >= 11 is 0. The van der Waals surface area contributed by atoms with E-state index in [-0.39, 0.29) is 11.4 Å². The number of methoxy groups -OCH3 is 1. The van der Waals surface area contributed by atoms with Gasteiger partial charge in [0.05, 0.1) is 24.2 Å². The smallest absolute Gasteiger partial charge is 0.264 e. The molecule has 0 aliphatic rings. The topological polar surface area (TPSA) is 89.7 Å². The first kappa shape index (κ1) is 19.4. The average molecular weight is 396 g/mol. The summed E-state index contributed by atoms with van der Waals surface area (Å²) < 4.78 is 33.1. The number of amides is 1. The van der Waals surface area contributed by atoms with Crippen molar-refractivity contribution in [1.82, 2.24) is 0 Å². The monoisotopic (exact) mass is 396 g/mol. The first-order valence-corrected chi connectivity index (χ1v) is 9.96. The van der Waals surface area contributed by atoms with Gasteiger partial charge >= 0.3 is 0 Å². The molecule has 1 amide bonds. The van der Waals surface area contributed by atoms with Crippen molar-refractivity contribution < 1.29 is 17.9 Å². The molecular weight excluding hydrogens is 376 g/mol. The quantitative estimate of drug-likeness (QED) is 0.664. The lowest BCUT2D eigenvalue weighted by molar-refractivity contribution is 0.100. The van der Waals surface area contributed by atoms with E-state index in [0.29, 0.717) is 17.0 Å². The van der Waals surface area contributed by atoms with Crippen LogP contribution in [0.2, 0.25) is 0 Å².